The molecule has 24 heavy (non-hydrogen) atoms. The molecular formula is C18H13N5O. The quantitative estimate of drug-likeness (QED) is 0.673. The number of aromatic nitrogens is 2. The van der Waals surface area contributed by atoms with Gasteiger partial charge in [-0.3, -0.25) is 4.90 Å². The molecule has 0 spiro atoms. The molecule has 1 saturated heterocycles. The van der Waals surface area contributed by atoms with E-state index < -0.39 is 0 Å². The van der Waals surface area contributed by atoms with E-state index in [0.717, 1.165) is 35.7 Å². The summed E-state index contributed by atoms with van der Waals surface area (Å²) in [7, 11) is 0. The van der Waals surface area contributed by atoms with Crippen LogP contribution in [0.1, 0.15) is 30.3 Å². The molecule has 0 bridgehead atoms. The van der Waals surface area contributed by atoms with Crippen LogP contribution in [0.4, 0.5) is 0 Å². The van der Waals surface area contributed by atoms with Gasteiger partial charge in [-0.25, -0.2) is 0 Å². The summed E-state index contributed by atoms with van der Waals surface area (Å²) in [4.78, 5) is 6.16. The summed E-state index contributed by atoms with van der Waals surface area (Å²) in [6, 6.07) is 13.4. The molecule has 1 unspecified atom stereocenters. The number of fused-ring (bicyclic) bond motifs is 1. The summed E-state index contributed by atoms with van der Waals surface area (Å²) in [6.07, 6.45) is 3.99. The van der Waals surface area contributed by atoms with E-state index in [4.69, 9.17) is 15.0 Å². The number of nitrogens with zero attached hydrogens (tertiary/aromatic N) is 5. The summed E-state index contributed by atoms with van der Waals surface area (Å²) >= 11 is 0. The Morgan fingerprint density at radius 2 is 2.00 bits per heavy atom. The zero-order valence-corrected chi connectivity index (χ0v) is 12.8. The van der Waals surface area contributed by atoms with Crippen molar-refractivity contribution in [3.63, 3.8) is 0 Å². The summed E-state index contributed by atoms with van der Waals surface area (Å²) in [5.74, 6) is 0.981. The molecule has 0 aliphatic carbocycles. The van der Waals surface area contributed by atoms with Gasteiger partial charge in [0.05, 0.1) is 11.6 Å². The lowest BCUT2D eigenvalue weighted by molar-refractivity contribution is 0.339. The maximum atomic E-state index is 9.15. The Labute approximate surface area is 138 Å². The number of nitriles is 2. The minimum absolute atomic E-state index is 0.0989. The lowest BCUT2D eigenvalue weighted by atomic mass is 10.0. The van der Waals surface area contributed by atoms with Crippen molar-refractivity contribution in [2.45, 2.75) is 18.9 Å². The Kier molecular flexibility index (Phi) is 3.36. The predicted molar refractivity (Wildman–Crippen MR) is 86.2 cm³/mol. The van der Waals surface area contributed by atoms with Gasteiger partial charge >= 0.3 is 0 Å². The monoisotopic (exact) mass is 315 g/mol. The van der Waals surface area contributed by atoms with Crippen molar-refractivity contribution in [1.29, 1.82) is 10.5 Å². The molecule has 0 saturated carbocycles. The molecule has 116 valence electrons. The second-order valence-electron chi connectivity index (χ2n) is 5.80. The molecule has 0 radical (unpaired) electrons. The second-order valence-corrected chi connectivity index (χ2v) is 5.80. The molecule has 1 fully saturated rings. The first kappa shape index (κ1) is 14.2. The average Bonchev–Trinajstić information content (AvgIpc) is 3.29. The van der Waals surface area contributed by atoms with E-state index in [1.54, 1.807) is 11.0 Å². The van der Waals surface area contributed by atoms with Crippen LogP contribution < -0.4 is 0 Å². The lowest BCUT2D eigenvalue weighted by Crippen LogP contribution is -2.17. The highest BCUT2D eigenvalue weighted by molar-refractivity contribution is 5.87. The van der Waals surface area contributed by atoms with Crippen molar-refractivity contribution in [2.75, 3.05) is 6.54 Å². The van der Waals surface area contributed by atoms with Crippen molar-refractivity contribution in [1.82, 2.24) is 15.0 Å². The number of likely N-dealkylation sites (tertiary alicyclic amines) is 1. The molecule has 2 aromatic carbocycles. The molecule has 3 aromatic rings. The zero-order chi connectivity index (χ0) is 16.5. The largest absolute Gasteiger partial charge is 0.334 e. The third kappa shape index (κ3) is 2.35. The Morgan fingerprint density at radius 1 is 1.12 bits per heavy atom. The van der Waals surface area contributed by atoms with Gasteiger partial charge in [-0.05, 0) is 47.9 Å². The third-order valence-electron chi connectivity index (χ3n) is 4.34. The summed E-state index contributed by atoms with van der Waals surface area (Å²) in [6.45, 7) is 0.734. The highest BCUT2D eigenvalue weighted by Crippen LogP contribution is 2.31. The molecule has 0 N–H and O–H groups in total. The van der Waals surface area contributed by atoms with Gasteiger partial charge in [-0.15, -0.1) is 0 Å². The number of benzene rings is 2. The van der Waals surface area contributed by atoms with Crippen LogP contribution in [-0.4, -0.2) is 21.6 Å². The standard InChI is InChI=1S/C18H13N5O/c19-10-12-3-4-13-5-6-14(9-15(13)8-12)18-21-17(22-24-18)16-2-1-7-23(16)11-20/h3-6,8-9,16H,1-2,7H2. The van der Waals surface area contributed by atoms with Crippen LogP contribution in [0.15, 0.2) is 40.9 Å². The predicted octanol–water partition coefficient (Wildman–Crippen LogP) is 3.38. The molecule has 1 aromatic heterocycles. The van der Waals surface area contributed by atoms with Crippen molar-refractivity contribution in [2.24, 2.45) is 0 Å². The number of hydrogen-bond donors (Lipinski definition) is 0. The minimum atomic E-state index is -0.0989. The molecule has 6 nitrogen and oxygen atoms in total. The summed E-state index contributed by atoms with van der Waals surface area (Å²) < 4.78 is 5.40. The van der Waals surface area contributed by atoms with Crippen molar-refractivity contribution in [3.8, 4) is 23.7 Å². The van der Waals surface area contributed by atoms with E-state index in [0.29, 0.717) is 17.3 Å². The van der Waals surface area contributed by atoms with Gasteiger partial charge in [-0.1, -0.05) is 17.3 Å². The molecule has 4 rings (SSSR count). The van der Waals surface area contributed by atoms with Crippen LogP contribution in [0.25, 0.3) is 22.2 Å². The minimum Gasteiger partial charge on any atom is -0.334 e. The second kappa shape index (κ2) is 5.68. The maximum absolute atomic E-state index is 9.15. The normalized spacial score (nSPS) is 16.9. The fourth-order valence-electron chi connectivity index (χ4n) is 3.09. The van der Waals surface area contributed by atoms with Crippen molar-refractivity contribution < 1.29 is 4.52 Å². The molecule has 1 aliphatic rings. The first-order valence-corrected chi connectivity index (χ1v) is 7.73. The smallest absolute Gasteiger partial charge is 0.258 e. The summed E-state index contributed by atoms with van der Waals surface area (Å²) in [5, 5.41) is 24.2. The van der Waals surface area contributed by atoms with Gasteiger partial charge in [0, 0.05) is 12.1 Å². The van der Waals surface area contributed by atoms with Gasteiger partial charge in [-0.2, -0.15) is 15.5 Å². The van der Waals surface area contributed by atoms with Crippen molar-refractivity contribution in [3.05, 3.63) is 47.8 Å². The maximum Gasteiger partial charge on any atom is 0.258 e. The van der Waals surface area contributed by atoms with Crippen LogP contribution in [0.5, 0.6) is 0 Å². The van der Waals surface area contributed by atoms with Gasteiger partial charge in [0.15, 0.2) is 12.0 Å². The van der Waals surface area contributed by atoms with E-state index in [2.05, 4.69) is 22.4 Å². The Hall–Kier alpha value is -3.38. The van der Waals surface area contributed by atoms with E-state index in [9.17, 15) is 0 Å². The Morgan fingerprint density at radius 3 is 2.83 bits per heavy atom. The van der Waals surface area contributed by atoms with Crippen LogP contribution in [0.3, 0.4) is 0 Å². The molecule has 1 atom stereocenters. The summed E-state index contributed by atoms with van der Waals surface area (Å²) in [5.41, 5.74) is 1.42. The van der Waals surface area contributed by atoms with E-state index in [-0.39, 0.29) is 6.04 Å². The molecule has 0 amide bonds. The molecular weight excluding hydrogens is 302 g/mol. The topological polar surface area (TPSA) is 89.7 Å². The zero-order valence-electron chi connectivity index (χ0n) is 12.8. The van der Waals surface area contributed by atoms with Gasteiger partial charge in [0.1, 0.15) is 6.04 Å². The van der Waals surface area contributed by atoms with Gasteiger partial charge < -0.3 is 4.52 Å². The number of rotatable bonds is 2. The highest BCUT2D eigenvalue weighted by Gasteiger charge is 2.29. The average molecular weight is 315 g/mol. The first-order chi connectivity index (χ1) is 11.8. The van der Waals surface area contributed by atoms with Crippen LogP contribution in [-0.2, 0) is 0 Å². The first-order valence-electron chi connectivity index (χ1n) is 7.73. The Balaban J connectivity index is 1.70. The fourth-order valence-corrected chi connectivity index (χ4v) is 3.09. The van der Waals surface area contributed by atoms with E-state index in [1.165, 1.54) is 0 Å². The fraction of sp³-hybridized carbons (Fsp3) is 0.222. The highest BCUT2D eigenvalue weighted by atomic mass is 16.5. The van der Waals surface area contributed by atoms with E-state index in [1.807, 2.05) is 30.3 Å². The van der Waals surface area contributed by atoms with Crippen LogP contribution in [0, 0.1) is 22.8 Å². The molecule has 1 aliphatic heterocycles. The lowest BCUT2D eigenvalue weighted by Gasteiger charge is -2.13. The van der Waals surface area contributed by atoms with Crippen molar-refractivity contribution >= 4 is 10.8 Å². The molecule has 2 heterocycles. The Bertz CT molecular complexity index is 995. The molecule has 6 heteroatoms. The van der Waals surface area contributed by atoms with Crippen LogP contribution >= 0.6 is 0 Å². The van der Waals surface area contributed by atoms with Gasteiger partial charge in [0.25, 0.3) is 5.89 Å². The number of hydrogen-bond acceptors (Lipinski definition) is 6. The SMILES string of the molecule is N#Cc1ccc2ccc(-c3nc(C4CCCN4C#N)no3)cc2c1. The van der Waals surface area contributed by atoms with Crippen LogP contribution in [0.2, 0.25) is 0 Å². The third-order valence-corrected chi connectivity index (χ3v) is 4.34. The van der Waals surface area contributed by atoms with E-state index >= 15 is 0 Å². The van der Waals surface area contributed by atoms with Gasteiger partial charge in [0.2, 0.25) is 0 Å².